The highest BCUT2D eigenvalue weighted by atomic mass is 127. The Morgan fingerprint density at radius 1 is 1.32 bits per heavy atom. The van der Waals surface area contributed by atoms with Gasteiger partial charge in [-0.25, -0.2) is 8.42 Å². The summed E-state index contributed by atoms with van der Waals surface area (Å²) in [6, 6.07) is 3.97. The second kappa shape index (κ2) is 10.6. The minimum atomic E-state index is -2.97. The average Bonchev–Trinajstić information content (AvgIpc) is 3.29. The maximum absolute atomic E-state index is 12.0. The van der Waals surface area contributed by atoms with E-state index in [0.29, 0.717) is 19.4 Å². The molecular weight excluding hydrogens is 513 g/mol. The lowest BCUT2D eigenvalue weighted by Crippen LogP contribution is -2.52. The van der Waals surface area contributed by atoms with Crippen LogP contribution in [-0.4, -0.2) is 82.5 Å². The van der Waals surface area contributed by atoms with Gasteiger partial charge in [0.05, 0.1) is 16.5 Å². The van der Waals surface area contributed by atoms with Crippen LogP contribution in [0.2, 0.25) is 0 Å². The van der Waals surface area contributed by atoms with E-state index in [1.807, 2.05) is 0 Å². The maximum Gasteiger partial charge on any atom is 0.222 e. The number of nitrogens with zero attached hydrogens (tertiary/aromatic N) is 3. The highest BCUT2D eigenvalue weighted by Crippen LogP contribution is 2.22. The summed E-state index contributed by atoms with van der Waals surface area (Å²) in [7, 11) is -1.23. The molecular formula is C17H28IN5O3S2. The van der Waals surface area contributed by atoms with Crippen molar-refractivity contribution in [3.05, 3.63) is 17.5 Å². The van der Waals surface area contributed by atoms with Gasteiger partial charge in [0.15, 0.2) is 15.8 Å². The van der Waals surface area contributed by atoms with Crippen LogP contribution in [0.5, 0.6) is 0 Å². The average molecular weight is 541 g/mol. The van der Waals surface area contributed by atoms with Gasteiger partial charge < -0.3 is 20.4 Å². The first-order chi connectivity index (χ1) is 13.0. The van der Waals surface area contributed by atoms with Crippen molar-refractivity contribution in [2.75, 3.05) is 56.2 Å². The summed E-state index contributed by atoms with van der Waals surface area (Å²) >= 11 is 1.75. The number of guanidine groups is 1. The number of anilines is 1. The quantitative estimate of drug-likeness (QED) is 0.325. The number of hydrogen-bond donors (Lipinski definition) is 2. The van der Waals surface area contributed by atoms with E-state index >= 15 is 0 Å². The lowest BCUT2D eigenvalue weighted by atomic mass is 10.2. The van der Waals surface area contributed by atoms with Gasteiger partial charge in [0.25, 0.3) is 0 Å². The van der Waals surface area contributed by atoms with Crippen molar-refractivity contribution in [2.45, 2.75) is 18.9 Å². The van der Waals surface area contributed by atoms with Crippen LogP contribution in [0, 0.1) is 0 Å². The molecule has 1 atom stereocenters. The lowest BCUT2D eigenvalue weighted by Gasteiger charge is -2.37. The number of hydrogen-bond acceptors (Lipinski definition) is 6. The third-order valence-electron chi connectivity index (χ3n) is 4.84. The Morgan fingerprint density at radius 2 is 2.07 bits per heavy atom. The molecule has 158 valence electrons. The number of nitrogens with one attached hydrogen (secondary N) is 2. The summed E-state index contributed by atoms with van der Waals surface area (Å²) in [5.41, 5.74) is 0. The predicted molar refractivity (Wildman–Crippen MR) is 125 cm³/mol. The number of thiophene rings is 1. The topological polar surface area (TPSA) is 94.1 Å². The van der Waals surface area contributed by atoms with Gasteiger partial charge in [-0.15, -0.1) is 35.3 Å². The summed E-state index contributed by atoms with van der Waals surface area (Å²) in [6.07, 6.45) is 0.808. The van der Waals surface area contributed by atoms with Gasteiger partial charge in [-0.3, -0.25) is 9.79 Å². The summed E-state index contributed by atoms with van der Waals surface area (Å²) in [5.74, 6) is 0.905. The van der Waals surface area contributed by atoms with Crippen LogP contribution in [0.4, 0.5) is 5.00 Å². The predicted octanol–water partition coefficient (Wildman–Crippen LogP) is 0.757. The molecule has 28 heavy (non-hydrogen) atoms. The van der Waals surface area contributed by atoms with Crippen molar-refractivity contribution in [1.29, 1.82) is 0 Å². The molecule has 0 aliphatic carbocycles. The lowest BCUT2D eigenvalue weighted by molar-refractivity contribution is -0.121. The van der Waals surface area contributed by atoms with Gasteiger partial charge in [0, 0.05) is 52.2 Å². The Hall–Kier alpha value is -1.08. The zero-order valence-electron chi connectivity index (χ0n) is 16.0. The van der Waals surface area contributed by atoms with E-state index in [-0.39, 0.29) is 47.4 Å². The molecule has 2 fully saturated rings. The van der Waals surface area contributed by atoms with Crippen molar-refractivity contribution in [1.82, 2.24) is 15.5 Å². The zero-order valence-corrected chi connectivity index (χ0v) is 19.9. The van der Waals surface area contributed by atoms with Gasteiger partial charge in [-0.05, 0) is 23.9 Å². The van der Waals surface area contributed by atoms with Gasteiger partial charge in [0.2, 0.25) is 5.91 Å². The molecule has 2 aliphatic rings. The van der Waals surface area contributed by atoms with Crippen molar-refractivity contribution < 1.29 is 13.2 Å². The molecule has 0 radical (unpaired) electrons. The molecule has 3 rings (SSSR count). The summed E-state index contributed by atoms with van der Waals surface area (Å²) in [6.45, 7) is 4.12. The second-order valence-corrected chi connectivity index (χ2v) is 9.97. The van der Waals surface area contributed by atoms with Crippen LogP contribution in [0.3, 0.4) is 0 Å². The highest BCUT2D eigenvalue weighted by molar-refractivity contribution is 14.0. The molecule has 0 spiro atoms. The molecule has 2 N–H and O–H groups in total. The molecule has 1 aromatic heterocycles. The number of carbonyl (C=O) groups excluding carboxylic acids is 1. The minimum absolute atomic E-state index is 0. The van der Waals surface area contributed by atoms with Crippen LogP contribution >= 0.6 is 35.3 Å². The van der Waals surface area contributed by atoms with Crippen LogP contribution in [0.15, 0.2) is 22.5 Å². The normalized spacial score (nSPS) is 21.9. The SMILES string of the molecule is CN=C(NCCC(=O)NC1CCS(=O)(=O)C1)N1CCN(c2cccs2)CC1.I. The van der Waals surface area contributed by atoms with Gasteiger partial charge in [-0.2, -0.15) is 0 Å². The molecule has 1 amide bonds. The number of sulfone groups is 1. The van der Waals surface area contributed by atoms with Gasteiger partial charge in [0.1, 0.15) is 0 Å². The van der Waals surface area contributed by atoms with Crippen molar-refractivity contribution in [3.63, 3.8) is 0 Å². The number of aliphatic imine (C=N–C) groups is 1. The van der Waals surface area contributed by atoms with E-state index in [1.54, 1.807) is 18.4 Å². The molecule has 0 aromatic carbocycles. The fourth-order valence-corrected chi connectivity index (χ4v) is 5.88. The zero-order chi connectivity index (χ0) is 19.3. The van der Waals surface area contributed by atoms with Crippen LogP contribution < -0.4 is 15.5 Å². The number of amides is 1. The fraction of sp³-hybridized carbons (Fsp3) is 0.647. The third-order valence-corrected chi connectivity index (χ3v) is 7.54. The first-order valence-electron chi connectivity index (χ1n) is 9.21. The molecule has 1 unspecified atom stereocenters. The second-order valence-electron chi connectivity index (χ2n) is 6.82. The molecule has 1 aromatic rings. The van der Waals surface area contributed by atoms with Crippen molar-refractivity contribution in [2.24, 2.45) is 4.99 Å². The van der Waals surface area contributed by atoms with Crippen molar-refractivity contribution >= 4 is 62.0 Å². The number of halogens is 1. The van der Waals surface area contributed by atoms with E-state index in [0.717, 1.165) is 32.1 Å². The van der Waals surface area contributed by atoms with E-state index < -0.39 is 9.84 Å². The van der Waals surface area contributed by atoms with E-state index in [9.17, 15) is 13.2 Å². The Bertz CT molecular complexity index is 762. The molecule has 2 saturated heterocycles. The standard InChI is InChI=1S/C17H27N5O3S2.HI/c1-18-17(22-9-7-21(8-10-22)16-3-2-11-26-16)19-6-4-15(23)20-14-5-12-27(24,25)13-14;/h2-3,11,14H,4-10,12-13H2,1H3,(H,18,19)(H,20,23);1H. The van der Waals surface area contributed by atoms with Crippen LogP contribution in [-0.2, 0) is 14.6 Å². The molecule has 2 aliphatic heterocycles. The summed E-state index contributed by atoms with van der Waals surface area (Å²) in [4.78, 5) is 20.9. The molecule has 0 saturated carbocycles. The Kier molecular flexibility index (Phi) is 8.81. The molecule has 3 heterocycles. The van der Waals surface area contributed by atoms with E-state index in [4.69, 9.17) is 0 Å². The Balaban J connectivity index is 0.00000280. The number of rotatable bonds is 5. The largest absolute Gasteiger partial charge is 0.360 e. The molecule has 0 bridgehead atoms. The molecule has 11 heteroatoms. The number of piperazine rings is 1. The third kappa shape index (κ3) is 6.48. The monoisotopic (exact) mass is 541 g/mol. The highest BCUT2D eigenvalue weighted by Gasteiger charge is 2.28. The number of carbonyl (C=O) groups is 1. The van der Waals surface area contributed by atoms with Crippen molar-refractivity contribution in [3.8, 4) is 0 Å². The summed E-state index contributed by atoms with van der Waals surface area (Å²) < 4.78 is 22.9. The fourth-order valence-electron chi connectivity index (χ4n) is 3.42. The van der Waals surface area contributed by atoms with Crippen LogP contribution in [0.25, 0.3) is 0 Å². The van der Waals surface area contributed by atoms with Gasteiger partial charge in [-0.1, -0.05) is 0 Å². The first-order valence-corrected chi connectivity index (χ1v) is 11.9. The van der Waals surface area contributed by atoms with E-state index in [1.165, 1.54) is 5.00 Å². The smallest absolute Gasteiger partial charge is 0.222 e. The Labute approximate surface area is 187 Å². The maximum atomic E-state index is 12.0. The first kappa shape index (κ1) is 23.2. The summed E-state index contributed by atoms with van der Waals surface area (Å²) in [5, 5.41) is 9.44. The minimum Gasteiger partial charge on any atom is -0.360 e. The Morgan fingerprint density at radius 3 is 2.64 bits per heavy atom. The van der Waals surface area contributed by atoms with Crippen LogP contribution in [0.1, 0.15) is 12.8 Å². The van der Waals surface area contributed by atoms with Gasteiger partial charge >= 0.3 is 0 Å². The molecule has 8 nitrogen and oxygen atoms in total. The van der Waals surface area contributed by atoms with E-state index in [2.05, 4.69) is 42.9 Å².